The van der Waals surface area contributed by atoms with Gasteiger partial charge in [-0.1, -0.05) is 32.9 Å². The fourth-order valence-corrected chi connectivity index (χ4v) is 5.12. The number of carbonyl (C=O) groups is 1. The molecule has 0 saturated heterocycles. The van der Waals surface area contributed by atoms with E-state index in [4.69, 9.17) is 15.2 Å². The maximum Gasteiger partial charge on any atom is 0.352 e. The second-order valence-corrected chi connectivity index (χ2v) is 13.2. The Bertz CT molecular complexity index is 1930. The first kappa shape index (κ1) is 33.6. The Balaban J connectivity index is 0.000000232. The fraction of sp³-hybridized carbons (Fsp3) is 0.290. The van der Waals surface area contributed by atoms with Crippen LogP contribution in [0.15, 0.2) is 67.4 Å². The fourth-order valence-electron chi connectivity index (χ4n) is 4.57. The van der Waals surface area contributed by atoms with Gasteiger partial charge in [-0.25, -0.2) is 23.2 Å². The van der Waals surface area contributed by atoms with Crippen molar-refractivity contribution in [1.29, 1.82) is 0 Å². The lowest BCUT2D eigenvalue weighted by molar-refractivity contribution is 0.0687. The van der Waals surface area contributed by atoms with Gasteiger partial charge in [0.15, 0.2) is 11.5 Å². The molecule has 46 heavy (non-hydrogen) atoms. The van der Waals surface area contributed by atoms with Crippen LogP contribution in [0.5, 0.6) is 17.4 Å². The highest BCUT2D eigenvalue weighted by Gasteiger charge is 2.20. The molecule has 5 rings (SSSR count). The van der Waals surface area contributed by atoms with Crippen LogP contribution < -0.4 is 25.2 Å². The number of carboxylic acid groups (broad SMARTS) is 1. The number of sulfonamides is 1. The quantitative estimate of drug-likeness (QED) is 0.153. The number of nitrogens with zero attached hydrogens (tertiary/aromatic N) is 5. The number of carboxylic acids is 1. The molecule has 0 saturated carbocycles. The van der Waals surface area contributed by atoms with Crippen molar-refractivity contribution in [3.8, 4) is 17.4 Å². The molecule has 0 amide bonds. The number of aromatic carboxylic acids is 1. The molecule has 0 spiro atoms. The number of rotatable bonds is 10. The second kappa shape index (κ2) is 13.8. The van der Waals surface area contributed by atoms with Crippen molar-refractivity contribution in [3.63, 3.8) is 0 Å². The summed E-state index contributed by atoms with van der Waals surface area (Å²) in [5.41, 5.74) is 8.35. The third kappa shape index (κ3) is 8.44. The van der Waals surface area contributed by atoms with E-state index in [2.05, 4.69) is 25.0 Å². The molecule has 5 aromatic rings. The zero-order valence-electron chi connectivity index (χ0n) is 26.5. The van der Waals surface area contributed by atoms with Gasteiger partial charge in [-0.2, -0.15) is 4.98 Å². The average molecular weight is 651 g/mol. The summed E-state index contributed by atoms with van der Waals surface area (Å²) in [5, 5.41) is 13.3. The van der Waals surface area contributed by atoms with E-state index >= 15 is 0 Å². The van der Waals surface area contributed by atoms with Gasteiger partial charge < -0.3 is 34.8 Å². The Hall–Kier alpha value is -5.31. The lowest BCUT2D eigenvalue weighted by Crippen LogP contribution is -2.15. The van der Waals surface area contributed by atoms with Gasteiger partial charge in [0.25, 0.3) is 0 Å². The molecule has 0 aliphatic rings. The Morgan fingerprint density at radius 2 is 1.89 bits per heavy atom. The van der Waals surface area contributed by atoms with E-state index in [1.165, 1.54) is 7.11 Å². The molecular formula is C31H38N8O6S. The van der Waals surface area contributed by atoms with Crippen molar-refractivity contribution in [2.45, 2.75) is 32.7 Å². The number of benzene rings is 2. The molecule has 14 nitrogen and oxygen atoms in total. The number of aryl methyl sites for hydroxylation is 1. The number of nitrogens with two attached hydrogens (primary N) is 1. The van der Waals surface area contributed by atoms with Gasteiger partial charge >= 0.3 is 5.97 Å². The minimum absolute atomic E-state index is 0.131. The minimum atomic E-state index is -3.37. The number of hydrogen-bond donors (Lipinski definition) is 4. The number of fused-ring (bicyclic) bond motifs is 1. The van der Waals surface area contributed by atoms with E-state index in [0.717, 1.165) is 23.8 Å². The molecule has 15 heteroatoms. The lowest BCUT2D eigenvalue weighted by Gasteiger charge is -2.22. The molecule has 0 bridgehead atoms. The molecule has 5 N–H and O–H groups in total. The van der Waals surface area contributed by atoms with Crippen LogP contribution >= 0.6 is 0 Å². The highest BCUT2D eigenvalue weighted by Crippen LogP contribution is 2.37. The summed E-state index contributed by atoms with van der Waals surface area (Å²) in [4.78, 5) is 24.0. The first-order chi connectivity index (χ1) is 21.7. The summed E-state index contributed by atoms with van der Waals surface area (Å²) in [6, 6.07) is 12.3. The van der Waals surface area contributed by atoms with Crippen LogP contribution in [0.3, 0.4) is 0 Å². The van der Waals surface area contributed by atoms with Crippen LogP contribution in [0, 0.1) is 0 Å². The first-order valence-electron chi connectivity index (χ1n) is 14.1. The average Bonchev–Trinajstić information content (AvgIpc) is 3.60. The van der Waals surface area contributed by atoms with E-state index in [1.54, 1.807) is 60.7 Å². The number of methoxy groups -OCH3 is 1. The summed E-state index contributed by atoms with van der Waals surface area (Å²) in [5.74, 6) is 0.689. The van der Waals surface area contributed by atoms with Crippen molar-refractivity contribution in [2.24, 2.45) is 7.05 Å². The third-order valence-corrected chi connectivity index (χ3v) is 7.37. The molecule has 3 aromatic heterocycles. The summed E-state index contributed by atoms with van der Waals surface area (Å²) in [6.07, 6.45) is 8.05. The maximum atomic E-state index is 11.4. The normalized spacial score (nSPS) is 11.4. The van der Waals surface area contributed by atoms with Crippen LogP contribution in [0.4, 0.5) is 17.3 Å². The Morgan fingerprint density at radius 1 is 1.13 bits per heavy atom. The van der Waals surface area contributed by atoms with Crippen molar-refractivity contribution in [1.82, 2.24) is 24.1 Å². The van der Waals surface area contributed by atoms with E-state index in [9.17, 15) is 18.3 Å². The predicted octanol–water partition coefficient (Wildman–Crippen LogP) is 4.71. The Morgan fingerprint density at radius 3 is 2.52 bits per heavy atom. The van der Waals surface area contributed by atoms with Crippen molar-refractivity contribution < 1.29 is 27.8 Å². The highest BCUT2D eigenvalue weighted by atomic mass is 32.2. The zero-order valence-corrected chi connectivity index (χ0v) is 27.3. The van der Waals surface area contributed by atoms with Crippen LogP contribution in [-0.2, 0) is 29.0 Å². The number of imidazole rings is 1. The van der Waals surface area contributed by atoms with Crippen LogP contribution in [0.1, 0.15) is 36.8 Å². The topological polar surface area (TPSA) is 189 Å². The van der Waals surface area contributed by atoms with Gasteiger partial charge in [-0.05, 0) is 35.2 Å². The number of nitrogen functional groups attached to an aromatic ring is 1. The van der Waals surface area contributed by atoms with Gasteiger partial charge in [0.05, 0.1) is 36.6 Å². The molecule has 0 unspecified atom stereocenters. The van der Waals surface area contributed by atoms with Gasteiger partial charge in [0.2, 0.25) is 21.9 Å². The summed E-state index contributed by atoms with van der Waals surface area (Å²) < 4.78 is 39.7. The molecule has 0 aliphatic heterocycles. The summed E-state index contributed by atoms with van der Waals surface area (Å²) in [6.45, 7) is 7.44. The largest absolute Gasteiger partial charge is 0.492 e. The maximum absolute atomic E-state index is 11.4. The lowest BCUT2D eigenvalue weighted by atomic mass is 9.86. The summed E-state index contributed by atoms with van der Waals surface area (Å²) in [7, 11) is -0.224. The third-order valence-electron chi connectivity index (χ3n) is 6.78. The SMILES string of the molecule is COc1c(N)cc(C(C)(C)C)cc1NS(C)(=O)=O.Cn1c(C(=O)O)cc2cccc(Oc3ccnc(NCCn4ccnc4)n3)c21. The number of para-hydroxylation sites is 1. The number of anilines is 3. The van der Waals surface area contributed by atoms with Gasteiger partial charge in [-0.15, -0.1) is 0 Å². The smallest absolute Gasteiger partial charge is 0.352 e. The van der Waals surface area contributed by atoms with E-state index in [1.807, 2.05) is 43.7 Å². The van der Waals surface area contributed by atoms with Gasteiger partial charge in [0.1, 0.15) is 5.69 Å². The first-order valence-corrected chi connectivity index (χ1v) is 16.0. The number of hydrogen-bond acceptors (Lipinski definition) is 10. The molecule has 0 radical (unpaired) electrons. The van der Waals surface area contributed by atoms with Crippen molar-refractivity contribution >= 4 is 44.2 Å². The Kier molecular flexibility index (Phi) is 10.1. The number of nitrogens with one attached hydrogen (secondary N) is 2. The molecule has 2 aromatic carbocycles. The van der Waals surface area contributed by atoms with E-state index in [0.29, 0.717) is 46.8 Å². The van der Waals surface area contributed by atoms with Crippen LogP contribution in [0.25, 0.3) is 10.9 Å². The zero-order chi connectivity index (χ0) is 33.6. The molecule has 0 atom stereocenters. The number of ether oxygens (including phenoxy) is 2. The minimum Gasteiger partial charge on any atom is -0.492 e. The number of aromatic nitrogens is 5. The van der Waals surface area contributed by atoms with E-state index in [-0.39, 0.29) is 11.1 Å². The molecule has 0 aliphatic carbocycles. The van der Waals surface area contributed by atoms with Gasteiger partial charge in [-0.3, -0.25) is 4.72 Å². The van der Waals surface area contributed by atoms with Crippen LogP contribution in [-0.4, -0.2) is 63.5 Å². The summed E-state index contributed by atoms with van der Waals surface area (Å²) >= 11 is 0. The van der Waals surface area contributed by atoms with Gasteiger partial charge in [0, 0.05) is 50.2 Å². The second-order valence-electron chi connectivity index (χ2n) is 11.4. The van der Waals surface area contributed by atoms with Crippen molar-refractivity contribution in [2.75, 3.05) is 35.7 Å². The molecular weight excluding hydrogens is 612 g/mol. The predicted molar refractivity (Wildman–Crippen MR) is 177 cm³/mol. The van der Waals surface area contributed by atoms with Crippen LogP contribution in [0.2, 0.25) is 0 Å². The highest BCUT2D eigenvalue weighted by molar-refractivity contribution is 7.92. The molecule has 3 heterocycles. The standard InChI is InChI=1S/C19H18N6O3.C12H20N2O3S/c1-24-14(18(26)27)11-13-3-2-4-15(17(13)24)28-16-5-6-21-19(23-16)22-8-10-25-9-7-20-12-25;1-12(2,3)8-6-9(13)11(17-4)10(7-8)14-18(5,15)16/h2-7,9,11-12H,8,10H2,1H3,(H,26,27)(H,21,22,23);6-7,14H,13H2,1-5H3. The molecule has 0 fully saturated rings. The van der Waals surface area contributed by atoms with E-state index < -0.39 is 16.0 Å². The molecule has 244 valence electrons. The van der Waals surface area contributed by atoms with Crippen molar-refractivity contribution in [3.05, 3.63) is 78.6 Å². The Labute approximate surface area is 267 Å². The monoisotopic (exact) mass is 650 g/mol.